The number of carbonyl (C=O) groups is 4. The number of imide groups is 1. The molecule has 2 rings (SSSR count). The molecule has 3 N–H and O–H groups in total. The maximum Gasteiger partial charge on any atom is 0.340 e. The number of anilines is 1. The van der Waals surface area contributed by atoms with Crippen LogP contribution in [-0.2, 0) is 14.3 Å². The highest BCUT2D eigenvalue weighted by atomic mass is 35.5. The normalized spacial score (nSPS) is 10.1. The van der Waals surface area contributed by atoms with E-state index in [0.29, 0.717) is 0 Å². The van der Waals surface area contributed by atoms with Crippen molar-refractivity contribution in [3.63, 3.8) is 0 Å². The minimum atomic E-state index is -0.935. The molecular formula is C20H19ClN4O8. The van der Waals surface area contributed by atoms with Gasteiger partial charge in [0.1, 0.15) is 0 Å². The number of benzene rings is 2. The minimum absolute atomic E-state index is 0.0516. The zero-order valence-corrected chi connectivity index (χ0v) is 18.0. The lowest BCUT2D eigenvalue weighted by Gasteiger charge is -2.12. The van der Waals surface area contributed by atoms with Crippen molar-refractivity contribution in [1.29, 1.82) is 0 Å². The molecule has 0 radical (unpaired) electrons. The molecule has 0 aromatic heterocycles. The smallest absolute Gasteiger partial charge is 0.340 e. The largest absolute Gasteiger partial charge is 0.452 e. The van der Waals surface area contributed by atoms with Crippen LogP contribution in [0.25, 0.3) is 0 Å². The molecule has 0 aliphatic rings. The highest BCUT2D eigenvalue weighted by Gasteiger charge is 2.19. The number of non-ortho nitro benzene ring substituents is 1. The van der Waals surface area contributed by atoms with Gasteiger partial charge in [0, 0.05) is 25.8 Å². The van der Waals surface area contributed by atoms with Crippen molar-refractivity contribution < 1.29 is 33.6 Å². The molecule has 0 aliphatic carbocycles. The molecule has 13 heteroatoms. The number of nitro benzene ring substituents is 1. The van der Waals surface area contributed by atoms with Gasteiger partial charge in [-0.2, -0.15) is 0 Å². The number of hydrogen-bond donors (Lipinski definition) is 3. The molecule has 33 heavy (non-hydrogen) atoms. The van der Waals surface area contributed by atoms with Crippen molar-refractivity contribution in [2.75, 3.05) is 32.2 Å². The SMILES string of the molecule is COCCNC(=O)NC(=O)COC(=O)c1ccccc1NC(=O)c1ccc([N+](=O)[O-])cc1Cl. The van der Waals surface area contributed by atoms with Crippen LogP contribution < -0.4 is 16.0 Å². The predicted molar refractivity (Wildman–Crippen MR) is 116 cm³/mol. The number of carbonyl (C=O) groups excluding carboxylic acids is 4. The number of methoxy groups -OCH3 is 1. The zero-order valence-electron chi connectivity index (χ0n) is 17.3. The van der Waals surface area contributed by atoms with Gasteiger partial charge in [-0.1, -0.05) is 23.7 Å². The van der Waals surface area contributed by atoms with Gasteiger partial charge >= 0.3 is 12.0 Å². The number of halogens is 1. The number of nitro groups is 1. The summed E-state index contributed by atoms with van der Waals surface area (Å²) in [4.78, 5) is 58.4. The van der Waals surface area contributed by atoms with Crippen LogP contribution in [0, 0.1) is 10.1 Å². The van der Waals surface area contributed by atoms with Crippen LogP contribution >= 0.6 is 11.6 Å². The molecule has 0 saturated carbocycles. The molecule has 174 valence electrons. The van der Waals surface area contributed by atoms with Gasteiger partial charge in [-0.05, 0) is 18.2 Å². The summed E-state index contributed by atoms with van der Waals surface area (Å²) in [6.45, 7) is -0.307. The Bertz CT molecular complexity index is 1080. The Labute approximate surface area is 192 Å². The van der Waals surface area contributed by atoms with E-state index in [2.05, 4.69) is 10.6 Å². The molecular weight excluding hydrogens is 460 g/mol. The first-order valence-electron chi connectivity index (χ1n) is 9.31. The van der Waals surface area contributed by atoms with Crippen LogP contribution in [0.2, 0.25) is 5.02 Å². The Hall–Kier alpha value is -4.03. The summed E-state index contributed by atoms with van der Waals surface area (Å²) >= 11 is 5.96. The van der Waals surface area contributed by atoms with Gasteiger partial charge in [0.25, 0.3) is 17.5 Å². The van der Waals surface area contributed by atoms with E-state index >= 15 is 0 Å². The third-order valence-electron chi connectivity index (χ3n) is 3.98. The number of para-hydroxylation sites is 1. The molecule has 0 bridgehead atoms. The Morgan fingerprint density at radius 1 is 1.09 bits per heavy atom. The molecule has 2 aromatic rings. The zero-order chi connectivity index (χ0) is 24.4. The molecule has 0 atom stereocenters. The fourth-order valence-corrected chi connectivity index (χ4v) is 2.70. The second-order valence-corrected chi connectivity index (χ2v) is 6.70. The molecule has 0 aliphatic heterocycles. The second-order valence-electron chi connectivity index (χ2n) is 6.29. The lowest BCUT2D eigenvalue weighted by Crippen LogP contribution is -2.42. The Morgan fingerprint density at radius 2 is 1.82 bits per heavy atom. The molecule has 0 saturated heterocycles. The van der Waals surface area contributed by atoms with Crippen LogP contribution in [0.4, 0.5) is 16.2 Å². The van der Waals surface area contributed by atoms with E-state index in [-0.39, 0.29) is 40.7 Å². The number of urea groups is 1. The summed E-state index contributed by atoms with van der Waals surface area (Å²) in [6.07, 6.45) is 0. The quantitative estimate of drug-likeness (QED) is 0.213. The van der Waals surface area contributed by atoms with Crippen molar-refractivity contribution in [3.05, 3.63) is 68.7 Å². The Kier molecular flexibility index (Phi) is 9.27. The van der Waals surface area contributed by atoms with Crippen LogP contribution in [-0.4, -0.2) is 55.6 Å². The van der Waals surface area contributed by atoms with E-state index in [1.807, 2.05) is 5.32 Å². The van der Waals surface area contributed by atoms with Crippen molar-refractivity contribution in [2.24, 2.45) is 0 Å². The van der Waals surface area contributed by atoms with Gasteiger partial charge in [-0.25, -0.2) is 9.59 Å². The molecule has 4 amide bonds. The summed E-state index contributed by atoms with van der Waals surface area (Å²) in [5, 5.41) is 17.5. The number of esters is 1. The molecule has 0 unspecified atom stereocenters. The van der Waals surface area contributed by atoms with Crippen LogP contribution in [0.15, 0.2) is 42.5 Å². The van der Waals surface area contributed by atoms with E-state index < -0.39 is 35.3 Å². The van der Waals surface area contributed by atoms with Gasteiger partial charge in [-0.15, -0.1) is 0 Å². The topological polar surface area (TPSA) is 166 Å². The van der Waals surface area contributed by atoms with Gasteiger partial charge in [0.05, 0.1) is 33.4 Å². The summed E-state index contributed by atoms with van der Waals surface area (Å²) in [5.41, 5.74) is -0.351. The Morgan fingerprint density at radius 3 is 2.48 bits per heavy atom. The summed E-state index contributed by atoms with van der Waals surface area (Å²) in [7, 11) is 1.45. The minimum Gasteiger partial charge on any atom is -0.452 e. The van der Waals surface area contributed by atoms with Crippen molar-refractivity contribution >= 4 is 46.8 Å². The number of hydrogen-bond acceptors (Lipinski definition) is 8. The summed E-state index contributed by atoms with van der Waals surface area (Å²) in [5.74, 6) is -2.52. The van der Waals surface area contributed by atoms with E-state index in [1.54, 1.807) is 6.07 Å². The first-order valence-corrected chi connectivity index (χ1v) is 9.68. The van der Waals surface area contributed by atoms with Crippen LogP contribution in [0.3, 0.4) is 0 Å². The molecule has 0 fully saturated rings. The van der Waals surface area contributed by atoms with Crippen molar-refractivity contribution in [1.82, 2.24) is 10.6 Å². The van der Waals surface area contributed by atoms with E-state index in [1.165, 1.54) is 31.4 Å². The second kappa shape index (κ2) is 12.1. The number of rotatable bonds is 9. The van der Waals surface area contributed by atoms with Gasteiger partial charge < -0.3 is 20.1 Å². The maximum absolute atomic E-state index is 12.6. The molecule has 0 spiro atoms. The van der Waals surface area contributed by atoms with Gasteiger partial charge in [0.15, 0.2) is 6.61 Å². The van der Waals surface area contributed by atoms with E-state index in [4.69, 9.17) is 21.1 Å². The first-order chi connectivity index (χ1) is 15.7. The average Bonchev–Trinajstić information content (AvgIpc) is 2.77. The Balaban J connectivity index is 2.01. The number of ether oxygens (including phenoxy) is 2. The first kappa shape index (κ1) is 25.2. The predicted octanol–water partition coefficient (Wildman–Crippen LogP) is 2.13. The van der Waals surface area contributed by atoms with E-state index in [0.717, 1.165) is 12.1 Å². The highest BCUT2D eigenvalue weighted by Crippen LogP contribution is 2.24. The standard InChI is InChI=1S/C20H19ClN4O8/c1-32-9-8-22-20(29)24-17(26)11-33-19(28)14-4-2-3-5-16(14)23-18(27)13-7-6-12(25(30)31)10-15(13)21/h2-7,10H,8-9,11H2,1H3,(H,23,27)(H2,22,24,26,29). The number of nitrogens with one attached hydrogen (secondary N) is 3. The van der Waals surface area contributed by atoms with Crippen molar-refractivity contribution in [2.45, 2.75) is 0 Å². The van der Waals surface area contributed by atoms with Gasteiger partial charge in [0.2, 0.25) is 0 Å². The number of amides is 4. The lowest BCUT2D eigenvalue weighted by molar-refractivity contribution is -0.384. The molecule has 2 aromatic carbocycles. The van der Waals surface area contributed by atoms with Crippen LogP contribution in [0.1, 0.15) is 20.7 Å². The van der Waals surface area contributed by atoms with Gasteiger partial charge in [-0.3, -0.25) is 25.0 Å². The maximum atomic E-state index is 12.6. The third kappa shape index (κ3) is 7.55. The summed E-state index contributed by atoms with van der Waals surface area (Å²) < 4.78 is 9.65. The molecule has 12 nitrogen and oxygen atoms in total. The van der Waals surface area contributed by atoms with E-state index in [9.17, 15) is 29.3 Å². The summed E-state index contributed by atoms with van der Waals surface area (Å²) in [6, 6.07) is 8.36. The average molecular weight is 479 g/mol. The fraction of sp³-hybridized carbons (Fsp3) is 0.200. The molecule has 0 heterocycles. The monoisotopic (exact) mass is 478 g/mol. The third-order valence-corrected chi connectivity index (χ3v) is 4.30. The van der Waals surface area contributed by atoms with Crippen molar-refractivity contribution in [3.8, 4) is 0 Å². The van der Waals surface area contributed by atoms with Crippen LogP contribution in [0.5, 0.6) is 0 Å². The lowest BCUT2D eigenvalue weighted by atomic mass is 10.1. The highest BCUT2D eigenvalue weighted by molar-refractivity contribution is 6.34. The number of nitrogens with zero attached hydrogens (tertiary/aromatic N) is 1. The fourth-order valence-electron chi connectivity index (χ4n) is 2.44.